The van der Waals surface area contributed by atoms with Crippen LogP contribution < -0.4 is 10.6 Å². The highest BCUT2D eigenvalue weighted by Crippen LogP contribution is 2.10. The summed E-state index contributed by atoms with van der Waals surface area (Å²) in [4.78, 5) is 4.20. The molecule has 0 aliphatic carbocycles. The Morgan fingerprint density at radius 1 is 1.21 bits per heavy atom. The first-order chi connectivity index (χ1) is 9.13. The molecule has 19 heavy (non-hydrogen) atoms. The van der Waals surface area contributed by atoms with Crippen molar-refractivity contribution in [1.29, 1.82) is 0 Å². The van der Waals surface area contributed by atoms with Crippen LogP contribution in [-0.4, -0.2) is 10.1 Å². The third-order valence-corrected chi connectivity index (χ3v) is 3.26. The van der Waals surface area contributed by atoms with Gasteiger partial charge in [-0.2, -0.15) is 0 Å². The quantitative estimate of drug-likeness (QED) is 0.839. The molecule has 0 atom stereocenters. The molecule has 2 aromatic rings. The van der Waals surface area contributed by atoms with Crippen molar-refractivity contribution >= 4 is 39.1 Å². The van der Waals surface area contributed by atoms with Gasteiger partial charge in [0, 0.05) is 17.2 Å². The molecule has 2 rings (SSSR count). The van der Waals surface area contributed by atoms with E-state index >= 15 is 0 Å². The summed E-state index contributed by atoms with van der Waals surface area (Å²) in [6.07, 6.45) is 1.73. The normalized spacial score (nSPS) is 10.0. The summed E-state index contributed by atoms with van der Waals surface area (Å²) in [6, 6.07) is 12.1. The molecule has 1 heterocycles. The lowest BCUT2D eigenvalue weighted by Gasteiger charge is -2.10. The third kappa shape index (κ3) is 4.61. The lowest BCUT2D eigenvalue weighted by atomic mass is 10.1. The van der Waals surface area contributed by atoms with E-state index in [1.165, 1.54) is 11.1 Å². The van der Waals surface area contributed by atoms with Crippen molar-refractivity contribution in [2.24, 2.45) is 0 Å². The second kappa shape index (κ2) is 6.63. The summed E-state index contributed by atoms with van der Waals surface area (Å²) in [5.41, 5.74) is 2.45. The van der Waals surface area contributed by atoms with Gasteiger partial charge in [-0.25, -0.2) is 4.98 Å². The van der Waals surface area contributed by atoms with Crippen LogP contribution in [0, 0.1) is 6.92 Å². The van der Waals surface area contributed by atoms with Gasteiger partial charge in [0.2, 0.25) is 0 Å². The van der Waals surface area contributed by atoms with Crippen molar-refractivity contribution in [3.8, 4) is 0 Å². The Labute approximate surface area is 126 Å². The molecule has 0 saturated heterocycles. The van der Waals surface area contributed by atoms with Gasteiger partial charge >= 0.3 is 0 Å². The Balaban J connectivity index is 1.84. The Bertz CT molecular complexity index is 552. The van der Waals surface area contributed by atoms with Crippen LogP contribution >= 0.6 is 28.1 Å². The van der Waals surface area contributed by atoms with Crippen LogP contribution in [0.25, 0.3) is 0 Å². The van der Waals surface area contributed by atoms with Crippen molar-refractivity contribution in [2.75, 3.05) is 5.32 Å². The first kappa shape index (κ1) is 14.0. The van der Waals surface area contributed by atoms with Crippen LogP contribution in [0.2, 0.25) is 0 Å². The SMILES string of the molecule is Cc1ccc(CNC(=S)Nc2ccc(Br)cn2)cc1. The number of benzene rings is 1. The lowest BCUT2D eigenvalue weighted by molar-refractivity contribution is 0.924. The number of anilines is 1. The molecule has 0 aliphatic heterocycles. The van der Waals surface area contributed by atoms with Crippen molar-refractivity contribution in [3.63, 3.8) is 0 Å². The van der Waals surface area contributed by atoms with Gasteiger partial charge in [0.1, 0.15) is 5.82 Å². The molecule has 0 saturated carbocycles. The maximum atomic E-state index is 5.22. The van der Waals surface area contributed by atoms with Gasteiger partial charge in [0.05, 0.1) is 0 Å². The van der Waals surface area contributed by atoms with Gasteiger partial charge in [0.25, 0.3) is 0 Å². The number of rotatable bonds is 3. The summed E-state index contributed by atoms with van der Waals surface area (Å²) in [6.45, 7) is 2.77. The third-order valence-electron chi connectivity index (χ3n) is 2.54. The molecule has 1 aromatic heterocycles. The molecule has 0 unspecified atom stereocenters. The molecule has 98 valence electrons. The van der Waals surface area contributed by atoms with E-state index in [-0.39, 0.29) is 0 Å². The Kier molecular flexibility index (Phi) is 4.87. The summed E-state index contributed by atoms with van der Waals surface area (Å²) in [7, 11) is 0. The minimum absolute atomic E-state index is 0.565. The zero-order valence-electron chi connectivity index (χ0n) is 10.5. The van der Waals surface area contributed by atoms with Crippen molar-refractivity contribution in [2.45, 2.75) is 13.5 Å². The molecule has 0 radical (unpaired) electrons. The molecule has 2 N–H and O–H groups in total. The van der Waals surface area contributed by atoms with E-state index in [0.29, 0.717) is 11.7 Å². The first-order valence-corrected chi connectivity index (χ1v) is 7.05. The Morgan fingerprint density at radius 3 is 2.58 bits per heavy atom. The van der Waals surface area contributed by atoms with Crippen LogP contribution in [-0.2, 0) is 6.54 Å². The molecule has 0 spiro atoms. The molecule has 3 nitrogen and oxygen atoms in total. The monoisotopic (exact) mass is 335 g/mol. The average Bonchev–Trinajstić information content (AvgIpc) is 2.41. The van der Waals surface area contributed by atoms with E-state index in [9.17, 15) is 0 Å². The Morgan fingerprint density at radius 2 is 1.95 bits per heavy atom. The van der Waals surface area contributed by atoms with E-state index < -0.39 is 0 Å². The van der Waals surface area contributed by atoms with E-state index in [0.717, 1.165) is 10.3 Å². The average molecular weight is 336 g/mol. The standard InChI is InChI=1S/C14H14BrN3S/c1-10-2-4-11(5-3-10)8-17-14(19)18-13-7-6-12(15)9-16-13/h2-7,9H,8H2,1H3,(H2,16,17,18,19). The number of nitrogens with one attached hydrogen (secondary N) is 2. The van der Waals surface area contributed by atoms with E-state index in [1.54, 1.807) is 6.20 Å². The highest BCUT2D eigenvalue weighted by molar-refractivity contribution is 9.10. The van der Waals surface area contributed by atoms with E-state index in [4.69, 9.17) is 12.2 Å². The van der Waals surface area contributed by atoms with E-state index in [1.807, 2.05) is 12.1 Å². The smallest absolute Gasteiger partial charge is 0.172 e. The largest absolute Gasteiger partial charge is 0.358 e. The van der Waals surface area contributed by atoms with Crippen LogP contribution in [0.3, 0.4) is 0 Å². The fourth-order valence-corrected chi connectivity index (χ4v) is 1.91. The summed E-state index contributed by atoms with van der Waals surface area (Å²) < 4.78 is 0.941. The fourth-order valence-electron chi connectivity index (χ4n) is 1.50. The van der Waals surface area contributed by atoms with Gasteiger partial charge in [0.15, 0.2) is 5.11 Å². The minimum atomic E-state index is 0.565. The second-order valence-electron chi connectivity index (χ2n) is 4.15. The van der Waals surface area contributed by atoms with Crippen molar-refractivity contribution < 1.29 is 0 Å². The molecule has 5 heteroatoms. The summed E-state index contributed by atoms with van der Waals surface area (Å²) >= 11 is 8.56. The van der Waals surface area contributed by atoms with Gasteiger partial charge in [-0.3, -0.25) is 0 Å². The number of aryl methyl sites for hydroxylation is 1. The summed E-state index contributed by atoms with van der Waals surface area (Å²) in [5.74, 6) is 0.726. The molecule has 1 aromatic carbocycles. The number of nitrogens with zero attached hydrogens (tertiary/aromatic N) is 1. The predicted molar refractivity (Wildman–Crippen MR) is 86.2 cm³/mol. The van der Waals surface area contributed by atoms with Gasteiger partial charge in [-0.1, -0.05) is 29.8 Å². The maximum absolute atomic E-state index is 5.22. The Hall–Kier alpha value is -1.46. The minimum Gasteiger partial charge on any atom is -0.358 e. The lowest BCUT2D eigenvalue weighted by Crippen LogP contribution is -2.28. The van der Waals surface area contributed by atoms with Crippen LogP contribution in [0.4, 0.5) is 5.82 Å². The van der Waals surface area contributed by atoms with Gasteiger partial charge < -0.3 is 10.6 Å². The van der Waals surface area contributed by atoms with Crippen molar-refractivity contribution in [3.05, 3.63) is 58.2 Å². The summed E-state index contributed by atoms with van der Waals surface area (Å²) in [5, 5.41) is 6.75. The number of thiocarbonyl (C=S) groups is 1. The molecular formula is C14H14BrN3S. The van der Waals surface area contributed by atoms with E-state index in [2.05, 4.69) is 62.7 Å². The second-order valence-corrected chi connectivity index (χ2v) is 5.48. The van der Waals surface area contributed by atoms with Gasteiger partial charge in [-0.15, -0.1) is 0 Å². The fraction of sp³-hybridized carbons (Fsp3) is 0.143. The highest BCUT2D eigenvalue weighted by Gasteiger charge is 1.99. The van der Waals surface area contributed by atoms with Crippen LogP contribution in [0.15, 0.2) is 47.1 Å². The number of hydrogen-bond donors (Lipinski definition) is 2. The number of hydrogen-bond acceptors (Lipinski definition) is 2. The van der Waals surface area contributed by atoms with Crippen LogP contribution in [0.1, 0.15) is 11.1 Å². The molecule has 0 aliphatic rings. The molecular weight excluding hydrogens is 322 g/mol. The topological polar surface area (TPSA) is 37.0 Å². The number of halogens is 1. The molecule has 0 amide bonds. The predicted octanol–water partition coefficient (Wildman–Crippen LogP) is 3.64. The zero-order chi connectivity index (χ0) is 13.7. The molecule has 0 fully saturated rings. The van der Waals surface area contributed by atoms with Crippen LogP contribution in [0.5, 0.6) is 0 Å². The number of pyridine rings is 1. The van der Waals surface area contributed by atoms with Crippen molar-refractivity contribution in [1.82, 2.24) is 10.3 Å². The first-order valence-electron chi connectivity index (χ1n) is 5.85. The highest BCUT2D eigenvalue weighted by atomic mass is 79.9. The number of aromatic nitrogens is 1. The van der Waals surface area contributed by atoms with Gasteiger partial charge in [-0.05, 0) is 52.8 Å². The molecule has 0 bridgehead atoms. The maximum Gasteiger partial charge on any atom is 0.172 e. The zero-order valence-corrected chi connectivity index (χ0v) is 12.9.